The van der Waals surface area contributed by atoms with Crippen LogP contribution in [0.3, 0.4) is 0 Å². The van der Waals surface area contributed by atoms with Gasteiger partial charge in [0.2, 0.25) is 0 Å². The molecule has 0 saturated heterocycles. The lowest BCUT2D eigenvalue weighted by Gasteiger charge is -2.16. The van der Waals surface area contributed by atoms with E-state index in [2.05, 4.69) is 67.1 Å². The molecule has 0 unspecified atom stereocenters. The molecule has 38 heavy (non-hydrogen) atoms. The van der Waals surface area contributed by atoms with Crippen molar-refractivity contribution in [3.8, 4) is 11.5 Å². The highest BCUT2D eigenvalue weighted by Crippen LogP contribution is 2.28. The molecule has 0 fully saturated rings. The van der Waals surface area contributed by atoms with Gasteiger partial charge in [0.15, 0.2) is 0 Å². The molecule has 0 radical (unpaired) electrons. The van der Waals surface area contributed by atoms with Crippen LogP contribution >= 0.6 is 0 Å². The lowest BCUT2D eigenvalue weighted by atomic mass is 10.0. The van der Waals surface area contributed by atoms with Gasteiger partial charge in [-0.2, -0.15) is 0 Å². The fraction of sp³-hybridized carbons (Fsp3) is 0.375. The highest BCUT2D eigenvalue weighted by atomic mass is 16.5. The second-order valence-corrected chi connectivity index (χ2v) is 10.0. The molecule has 0 spiro atoms. The Bertz CT molecular complexity index is 1340. The average Bonchev–Trinajstić information content (AvgIpc) is 3.27. The van der Waals surface area contributed by atoms with Crippen molar-refractivity contribution >= 4 is 16.9 Å². The number of methoxy groups -OCH3 is 1. The highest BCUT2D eigenvalue weighted by molar-refractivity contribution is 5.94. The van der Waals surface area contributed by atoms with Crippen LogP contribution in [0.2, 0.25) is 0 Å². The molecule has 1 amide bonds. The summed E-state index contributed by atoms with van der Waals surface area (Å²) in [5.74, 6) is 3.17. The zero-order valence-electron chi connectivity index (χ0n) is 23.0. The molecule has 6 nitrogen and oxygen atoms in total. The minimum absolute atomic E-state index is 0.0521. The Labute approximate surface area is 226 Å². The predicted octanol–water partition coefficient (Wildman–Crippen LogP) is 6.70. The minimum atomic E-state index is -0.0521. The van der Waals surface area contributed by atoms with E-state index in [9.17, 15) is 4.79 Å². The number of aromatic nitrogens is 2. The number of carbonyl (C=O) groups is 1. The smallest absolute Gasteiger partial charge is 0.251 e. The topological polar surface area (TPSA) is 65.4 Å². The van der Waals surface area contributed by atoms with Crippen LogP contribution in [0.5, 0.6) is 11.5 Å². The number of ether oxygens (including phenoxy) is 2. The van der Waals surface area contributed by atoms with Gasteiger partial charge in [-0.15, -0.1) is 0 Å². The molecule has 200 valence electrons. The SMILES string of the molecule is COc1ccc(C(=O)NCCCCCc2nc3ccccc3n2CCOc2cc(C)ccc2C(C)C)cc1. The summed E-state index contributed by atoms with van der Waals surface area (Å²) in [6.07, 6.45) is 3.85. The maximum atomic E-state index is 12.3. The van der Waals surface area contributed by atoms with Crippen molar-refractivity contribution < 1.29 is 14.3 Å². The van der Waals surface area contributed by atoms with Crippen molar-refractivity contribution in [3.63, 3.8) is 0 Å². The monoisotopic (exact) mass is 513 g/mol. The number of rotatable bonds is 13. The summed E-state index contributed by atoms with van der Waals surface area (Å²) in [6, 6.07) is 21.9. The molecule has 1 aromatic heterocycles. The molecule has 1 heterocycles. The van der Waals surface area contributed by atoms with Crippen LogP contribution in [-0.4, -0.2) is 35.7 Å². The van der Waals surface area contributed by atoms with Gasteiger partial charge in [0.25, 0.3) is 5.91 Å². The molecular formula is C32H39N3O3. The van der Waals surface area contributed by atoms with Crippen molar-refractivity contribution in [3.05, 3.63) is 89.2 Å². The lowest BCUT2D eigenvalue weighted by Crippen LogP contribution is -2.24. The predicted molar refractivity (Wildman–Crippen MR) is 153 cm³/mol. The van der Waals surface area contributed by atoms with Gasteiger partial charge < -0.3 is 19.4 Å². The molecule has 0 aliphatic carbocycles. The molecule has 4 aromatic rings. The van der Waals surface area contributed by atoms with Crippen LogP contribution in [0.1, 0.15) is 66.3 Å². The van der Waals surface area contributed by atoms with Crippen LogP contribution in [0, 0.1) is 6.92 Å². The second kappa shape index (κ2) is 13.1. The third-order valence-electron chi connectivity index (χ3n) is 6.81. The number of benzene rings is 3. The normalized spacial score (nSPS) is 11.2. The van der Waals surface area contributed by atoms with Crippen LogP contribution in [0.15, 0.2) is 66.7 Å². The van der Waals surface area contributed by atoms with Crippen molar-refractivity contribution in [2.75, 3.05) is 20.3 Å². The lowest BCUT2D eigenvalue weighted by molar-refractivity contribution is 0.0953. The number of fused-ring (bicyclic) bond motifs is 1. The van der Waals surface area contributed by atoms with Gasteiger partial charge in [0.05, 0.1) is 24.7 Å². The van der Waals surface area contributed by atoms with Crippen molar-refractivity contribution in [2.24, 2.45) is 0 Å². The first-order valence-electron chi connectivity index (χ1n) is 13.6. The number of nitrogens with one attached hydrogen (secondary N) is 1. The van der Waals surface area contributed by atoms with Crippen molar-refractivity contribution in [1.29, 1.82) is 0 Å². The van der Waals surface area contributed by atoms with E-state index in [1.165, 1.54) is 11.1 Å². The van der Waals surface area contributed by atoms with Gasteiger partial charge in [-0.3, -0.25) is 4.79 Å². The molecule has 0 atom stereocenters. The number of carbonyl (C=O) groups excluding carboxylic acids is 1. The number of hydrogen-bond donors (Lipinski definition) is 1. The summed E-state index contributed by atoms with van der Waals surface area (Å²) < 4.78 is 13.7. The first-order chi connectivity index (χ1) is 18.5. The van der Waals surface area contributed by atoms with Crippen LogP contribution in [-0.2, 0) is 13.0 Å². The zero-order valence-corrected chi connectivity index (χ0v) is 23.0. The Balaban J connectivity index is 1.29. The average molecular weight is 514 g/mol. The molecule has 0 bridgehead atoms. The number of hydrogen-bond acceptors (Lipinski definition) is 4. The van der Waals surface area contributed by atoms with E-state index >= 15 is 0 Å². The van der Waals surface area contributed by atoms with E-state index in [1.54, 1.807) is 31.4 Å². The summed E-state index contributed by atoms with van der Waals surface area (Å²) in [6.45, 7) is 8.49. The van der Waals surface area contributed by atoms with Crippen LogP contribution < -0.4 is 14.8 Å². The molecule has 0 aliphatic rings. The van der Waals surface area contributed by atoms with Gasteiger partial charge in [-0.05, 0) is 79.3 Å². The summed E-state index contributed by atoms with van der Waals surface area (Å²) in [5, 5.41) is 3.01. The minimum Gasteiger partial charge on any atom is -0.497 e. The summed E-state index contributed by atoms with van der Waals surface area (Å²) in [4.78, 5) is 17.3. The number of aryl methyl sites for hydroxylation is 2. The van der Waals surface area contributed by atoms with E-state index in [4.69, 9.17) is 14.5 Å². The van der Waals surface area contributed by atoms with E-state index < -0.39 is 0 Å². The summed E-state index contributed by atoms with van der Waals surface area (Å²) in [7, 11) is 1.62. The Kier molecular flexibility index (Phi) is 9.41. The van der Waals surface area contributed by atoms with Gasteiger partial charge in [-0.1, -0.05) is 44.5 Å². The van der Waals surface area contributed by atoms with Crippen molar-refractivity contribution in [2.45, 2.75) is 58.9 Å². The third-order valence-corrected chi connectivity index (χ3v) is 6.81. The fourth-order valence-corrected chi connectivity index (χ4v) is 4.69. The molecule has 4 rings (SSSR count). The number of amides is 1. The second-order valence-electron chi connectivity index (χ2n) is 10.0. The Morgan fingerprint density at radius 2 is 1.79 bits per heavy atom. The third kappa shape index (κ3) is 6.94. The molecule has 0 saturated carbocycles. The van der Waals surface area contributed by atoms with E-state index in [1.807, 2.05) is 6.07 Å². The van der Waals surface area contributed by atoms with Crippen molar-refractivity contribution in [1.82, 2.24) is 14.9 Å². The van der Waals surface area contributed by atoms with Gasteiger partial charge in [0.1, 0.15) is 23.9 Å². The fourth-order valence-electron chi connectivity index (χ4n) is 4.69. The van der Waals surface area contributed by atoms with Gasteiger partial charge in [-0.25, -0.2) is 4.98 Å². The van der Waals surface area contributed by atoms with Crippen LogP contribution in [0.25, 0.3) is 11.0 Å². The largest absolute Gasteiger partial charge is 0.497 e. The summed E-state index contributed by atoms with van der Waals surface area (Å²) in [5.41, 5.74) is 5.26. The quantitative estimate of drug-likeness (QED) is 0.202. The standard InChI is InChI=1S/C32H39N3O3/c1-23(2)27-18-13-24(3)22-30(27)38-21-20-35-29-11-8-7-10-28(29)34-31(35)12-6-5-9-19-33-32(36)25-14-16-26(37-4)17-15-25/h7-8,10-11,13-18,22-23H,5-6,9,12,19-21H2,1-4H3,(H,33,36). The summed E-state index contributed by atoms with van der Waals surface area (Å²) >= 11 is 0. The number of nitrogens with zero attached hydrogens (tertiary/aromatic N) is 2. The molecule has 3 aromatic carbocycles. The number of imidazole rings is 1. The first kappa shape index (κ1) is 27.2. The van der Waals surface area contributed by atoms with Gasteiger partial charge in [0, 0.05) is 18.5 Å². The van der Waals surface area contributed by atoms with Crippen LogP contribution in [0.4, 0.5) is 0 Å². The molecule has 1 N–H and O–H groups in total. The Hall–Kier alpha value is -3.80. The Morgan fingerprint density at radius 1 is 1.00 bits per heavy atom. The maximum Gasteiger partial charge on any atom is 0.251 e. The Morgan fingerprint density at radius 3 is 2.55 bits per heavy atom. The highest BCUT2D eigenvalue weighted by Gasteiger charge is 2.12. The number of unbranched alkanes of at least 4 members (excludes halogenated alkanes) is 2. The van der Waals surface area contributed by atoms with E-state index in [-0.39, 0.29) is 5.91 Å². The zero-order chi connectivity index (χ0) is 26.9. The first-order valence-corrected chi connectivity index (χ1v) is 13.6. The van der Waals surface area contributed by atoms with Gasteiger partial charge >= 0.3 is 0 Å². The maximum absolute atomic E-state index is 12.3. The molecule has 6 heteroatoms. The molecule has 0 aliphatic heterocycles. The van der Waals surface area contributed by atoms with E-state index in [0.717, 1.165) is 60.6 Å². The van der Waals surface area contributed by atoms with E-state index in [0.29, 0.717) is 24.6 Å². The molecular weight excluding hydrogens is 474 g/mol. The number of para-hydroxylation sites is 2.